The summed E-state index contributed by atoms with van der Waals surface area (Å²) in [6, 6.07) is 20.7. The van der Waals surface area contributed by atoms with Crippen LogP contribution in [0.25, 0.3) is 0 Å². The summed E-state index contributed by atoms with van der Waals surface area (Å²) in [7, 11) is 0. The Kier molecular flexibility index (Phi) is 5.38. The average molecular weight is 376 g/mol. The largest absolute Gasteiger partial charge is 0.484 e. The molecule has 0 spiro atoms. The molecule has 2 aromatic carbocycles. The molecule has 28 heavy (non-hydrogen) atoms. The number of fused-ring (bicyclic) bond motifs is 1. The van der Waals surface area contributed by atoms with Gasteiger partial charge in [-0.05, 0) is 42.0 Å². The second kappa shape index (κ2) is 8.43. The predicted octanol–water partition coefficient (Wildman–Crippen LogP) is 3.42. The van der Waals surface area contributed by atoms with E-state index in [1.807, 2.05) is 66.7 Å². The molecule has 6 nitrogen and oxygen atoms in total. The fourth-order valence-electron chi connectivity index (χ4n) is 2.93. The normalized spacial score (nSPS) is 11.9. The molecule has 1 aromatic heterocycles. The molecule has 0 saturated carbocycles. The number of hydrogen-bond donors (Lipinski definition) is 0. The first-order valence-electron chi connectivity index (χ1n) is 9.02. The monoisotopic (exact) mass is 376 g/mol. The first-order valence-corrected chi connectivity index (χ1v) is 9.02. The van der Waals surface area contributed by atoms with Crippen molar-refractivity contribution in [3.05, 3.63) is 84.2 Å². The summed E-state index contributed by atoms with van der Waals surface area (Å²) < 4.78 is 16.4. The topological polar surface area (TPSA) is 60.9 Å². The third-order valence-corrected chi connectivity index (χ3v) is 4.35. The van der Waals surface area contributed by atoms with Crippen LogP contribution in [0.5, 0.6) is 17.2 Å². The molecule has 4 rings (SSSR count). The summed E-state index contributed by atoms with van der Waals surface area (Å²) in [5.41, 5.74) is 1.77. The molecule has 0 aliphatic carbocycles. The molecule has 1 aliphatic rings. The third-order valence-electron chi connectivity index (χ3n) is 4.35. The second-order valence-electron chi connectivity index (χ2n) is 6.36. The summed E-state index contributed by atoms with van der Waals surface area (Å²) in [6.45, 7) is 0.998. The minimum atomic E-state index is -0.118. The fraction of sp³-hybridized carbons (Fsp3) is 0.182. The molecule has 142 valence electrons. The Labute approximate surface area is 163 Å². The van der Waals surface area contributed by atoms with Crippen LogP contribution < -0.4 is 14.2 Å². The van der Waals surface area contributed by atoms with Gasteiger partial charge in [0.1, 0.15) is 5.75 Å². The van der Waals surface area contributed by atoms with Gasteiger partial charge in [-0.1, -0.05) is 30.3 Å². The Balaban J connectivity index is 1.48. The molecule has 0 fully saturated rings. The maximum Gasteiger partial charge on any atom is 0.261 e. The number of rotatable bonds is 7. The van der Waals surface area contributed by atoms with Crippen molar-refractivity contribution in [2.75, 3.05) is 13.4 Å². The molecule has 0 bridgehead atoms. The molecule has 6 heteroatoms. The third kappa shape index (κ3) is 4.40. The smallest absolute Gasteiger partial charge is 0.261 e. The number of amides is 1. The van der Waals surface area contributed by atoms with E-state index >= 15 is 0 Å². The summed E-state index contributed by atoms with van der Waals surface area (Å²) >= 11 is 0. The summed E-state index contributed by atoms with van der Waals surface area (Å²) in [6.07, 6.45) is 1.72. The molecule has 2 heterocycles. The fourth-order valence-corrected chi connectivity index (χ4v) is 2.93. The van der Waals surface area contributed by atoms with E-state index in [-0.39, 0.29) is 19.3 Å². The Morgan fingerprint density at radius 1 is 0.964 bits per heavy atom. The van der Waals surface area contributed by atoms with E-state index in [0.717, 1.165) is 17.0 Å². The van der Waals surface area contributed by atoms with Crippen LogP contribution >= 0.6 is 0 Å². The second-order valence-corrected chi connectivity index (χ2v) is 6.36. The van der Waals surface area contributed by atoms with Crippen molar-refractivity contribution < 1.29 is 19.0 Å². The maximum atomic E-state index is 12.9. The van der Waals surface area contributed by atoms with Crippen LogP contribution in [-0.2, 0) is 17.9 Å². The van der Waals surface area contributed by atoms with E-state index < -0.39 is 0 Å². The number of benzene rings is 2. The highest BCUT2D eigenvalue weighted by molar-refractivity contribution is 5.77. The first kappa shape index (κ1) is 17.9. The van der Waals surface area contributed by atoms with Gasteiger partial charge in [0.15, 0.2) is 18.1 Å². The van der Waals surface area contributed by atoms with Crippen LogP contribution in [0, 0.1) is 0 Å². The molecule has 1 aliphatic heterocycles. The molecular formula is C22H20N2O4. The minimum absolute atomic E-state index is 0.0403. The zero-order chi connectivity index (χ0) is 19.2. The van der Waals surface area contributed by atoms with Crippen LogP contribution in [0.2, 0.25) is 0 Å². The van der Waals surface area contributed by atoms with Gasteiger partial charge in [0.2, 0.25) is 6.79 Å². The molecule has 0 unspecified atom stereocenters. The van der Waals surface area contributed by atoms with E-state index in [1.165, 1.54) is 0 Å². The number of aromatic nitrogens is 1. The van der Waals surface area contributed by atoms with Crippen LogP contribution in [-0.4, -0.2) is 29.2 Å². The highest BCUT2D eigenvalue weighted by atomic mass is 16.7. The number of carbonyl (C=O) groups excluding carboxylic acids is 1. The first-order chi connectivity index (χ1) is 13.8. The molecule has 0 saturated heterocycles. The zero-order valence-corrected chi connectivity index (χ0v) is 15.3. The molecule has 0 radical (unpaired) electrons. The van der Waals surface area contributed by atoms with Gasteiger partial charge >= 0.3 is 0 Å². The van der Waals surface area contributed by atoms with Gasteiger partial charge in [-0.25, -0.2) is 0 Å². The van der Waals surface area contributed by atoms with Crippen molar-refractivity contribution in [3.8, 4) is 17.2 Å². The van der Waals surface area contributed by atoms with Gasteiger partial charge in [0, 0.05) is 12.7 Å². The molecule has 3 aromatic rings. The highest BCUT2D eigenvalue weighted by Gasteiger charge is 2.19. The maximum absolute atomic E-state index is 12.9. The predicted molar refractivity (Wildman–Crippen MR) is 103 cm³/mol. The summed E-state index contributed by atoms with van der Waals surface area (Å²) in [4.78, 5) is 18.9. The standard InChI is InChI=1S/C22H20N2O4/c25-22(15-26-19-7-2-1-3-8-19)24(14-18-6-4-5-11-23-18)13-17-9-10-20-21(12-17)28-16-27-20/h1-12H,13-16H2. The van der Waals surface area contributed by atoms with Gasteiger partial charge < -0.3 is 19.1 Å². The van der Waals surface area contributed by atoms with Crippen molar-refractivity contribution in [1.82, 2.24) is 9.88 Å². The lowest BCUT2D eigenvalue weighted by molar-refractivity contribution is -0.134. The Hall–Kier alpha value is -3.54. The molecule has 0 atom stereocenters. The highest BCUT2D eigenvalue weighted by Crippen LogP contribution is 2.32. The van der Waals surface area contributed by atoms with Crippen molar-refractivity contribution in [2.45, 2.75) is 13.1 Å². The van der Waals surface area contributed by atoms with E-state index in [1.54, 1.807) is 11.1 Å². The van der Waals surface area contributed by atoms with Gasteiger partial charge in [-0.15, -0.1) is 0 Å². The lowest BCUT2D eigenvalue weighted by Crippen LogP contribution is -2.34. The average Bonchev–Trinajstić information content (AvgIpc) is 3.21. The molecule has 0 N–H and O–H groups in total. The minimum Gasteiger partial charge on any atom is -0.484 e. The number of hydrogen-bond acceptors (Lipinski definition) is 5. The summed E-state index contributed by atoms with van der Waals surface area (Å²) in [5.74, 6) is 1.96. The van der Waals surface area contributed by atoms with Gasteiger partial charge in [0.05, 0.1) is 12.2 Å². The van der Waals surface area contributed by atoms with Crippen LogP contribution in [0.1, 0.15) is 11.3 Å². The summed E-state index contributed by atoms with van der Waals surface area (Å²) in [5, 5.41) is 0. The van der Waals surface area contributed by atoms with E-state index in [0.29, 0.717) is 24.6 Å². The van der Waals surface area contributed by atoms with Gasteiger partial charge in [-0.3, -0.25) is 9.78 Å². The zero-order valence-electron chi connectivity index (χ0n) is 15.3. The Morgan fingerprint density at radius 3 is 2.61 bits per heavy atom. The van der Waals surface area contributed by atoms with Crippen LogP contribution in [0.4, 0.5) is 0 Å². The van der Waals surface area contributed by atoms with Crippen LogP contribution in [0.15, 0.2) is 72.9 Å². The van der Waals surface area contributed by atoms with Crippen molar-refractivity contribution in [2.24, 2.45) is 0 Å². The Morgan fingerprint density at radius 2 is 1.79 bits per heavy atom. The lowest BCUT2D eigenvalue weighted by Gasteiger charge is -2.23. The number of pyridine rings is 1. The number of para-hydroxylation sites is 1. The van der Waals surface area contributed by atoms with E-state index in [2.05, 4.69) is 4.98 Å². The van der Waals surface area contributed by atoms with E-state index in [9.17, 15) is 4.79 Å². The molecular weight excluding hydrogens is 356 g/mol. The van der Waals surface area contributed by atoms with E-state index in [4.69, 9.17) is 14.2 Å². The number of carbonyl (C=O) groups is 1. The molecule has 1 amide bonds. The van der Waals surface area contributed by atoms with Crippen molar-refractivity contribution >= 4 is 5.91 Å². The lowest BCUT2D eigenvalue weighted by atomic mass is 10.2. The SMILES string of the molecule is O=C(COc1ccccc1)N(Cc1ccc2c(c1)OCO2)Cc1ccccn1. The van der Waals surface area contributed by atoms with Gasteiger partial charge in [-0.2, -0.15) is 0 Å². The number of ether oxygens (including phenoxy) is 3. The van der Waals surface area contributed by atoms with Gasteiger partial charge in [0.25, 0.3) is 5.91 Å². The Bertz CT molecular complexity index is 932. The van der Waals surface area contributed by atoms with Crippen LogP contribution in [0.3, 0.4) is 0 Å². The quantitative estimate of drug-likeness (QED) is 0.632. The number of nitrogens with zero attached hydrogens (tertiary/aromatic N) is 2. The van der Waals surface area contributed by atoms with Crippen molar-refractivity contribution in [3.63, 3.8) is 0 Å². The van der Waals surface area contributed by atoms with Crippen molar-refractivity contribution in [1.29, 1.82) is 0 Å².